The highest BCUT2D eigenvalue weighted by Gasteiger charge is 2.47. The fourth-order valence-corrected chi connectivity index (χ4v) is 8.40. The number of carbonyl (C=O) groups excluding carboxylic acids is 9. The number of nitrogens with zero attached hydrogens (tertiary/aromatic N) is 2. The van der Waals surface area contributed by atoms with E-state index in [2.05, 4.69) is 26.6 Å². The smallest absolute Gasteiger partial charge is 0.329 e. The molecule has 8 amide bonds. The minimum atomic E-state index is -1.80. The van der Waals surface area contributed by atoms with Crippen molar-refractivity contribution in [2.24, 2.45) is 23.5 Å². The van der Waals surface area contributed by atoms with Crippen LogP contribution in [0.25, 0.3) is 0 Å². The van der Waals surface area contributed by atoms with Gasteiger partial charge in [0.25, 0.3) is 0 Å². The highest BCUT2D eigenvalue weighted by Crippen LogP contribution is 2.28. The monoisotopic (exact) mass is 962 g/mol. The molecule has 1 aromatic rings. The van der Waals surface area contributed by atoms with E-state index >= 15 is 0 Å². The van der Waals surface area contributed by atoms with Crippen molar-refractivity contribution in [3.8, 4) is 5.75 Å². The molecule has 2 fully saturated rings. The Morgan fingerprint density at radius 3 is 2.10 bits per heavy atom. The molecule has 67 heavy (non-hydrogen) atoms. The third-order valence-corrected chi connectivity index (χ3v) is 12.9. The number of fused-ring (bicyclic) bond motifs is 2. The highest BCUT2D eigenvalue weighted by atomic mass is 32.2. The van der Waals surface area contributed by atoms with Gasteiger partial charge < -0.3 is 57.1 Å². The van der Waals surface area contributed by atoms with Crippen LogP contribution in [0.15, 0.2) is 24.3 Å². The summed E-state index contributed by atoms with van der Waals surface area (Å²) in [6.07, 6.45) is -2.03. The molecule has 12 atom stereocenters. The number of amides is 8. The predicted octanol–water partition coefficient (Wildman–Crippen LogP) is -0.777. The first-order valence-electron chi connectivity index (χ1n) is 22.7. The van der Waals surface area contributed by atoms with E-state index in [1.54, 1.807) is 53.7 Å². The number of nitrogens with one attached hydrogen (secondary N) is 5. The van der Waals surface area contributed by atoms with Gasteiger partial charge in [-0.2, -0.15) is 0 Å². The van der Waals surface area contributed by atoms with Crippen molar-refractivity contribution in [2.45, 2.75) is 154 Å². The predicted molar refractivity (Wildman–Crippen MR) is 245 cm³/mol. The van der Waals surface area contributed by atoms with Crippen LogP contribution in [-0.4, -0.2) is 151 Å². The van der Waals surface area contributed by atoms with Gasteiger partial charge in [-0.1, -0.05) is 66.5 Å². The first kappa shape index (κ1) is 55.7. The van der Waals surface area contributed by atoms with Crippen molar-refractivity contribution >= 4 is 64.0 Å². The molecule has 21 nitrogen and oxygen atoms in total. The molecule has 3 rings (SSSR count). The fourth-order valence-electron chi connectivity index (χ4n) is 7.95. The van der Waals surface area contributed by atoms with Gasteiger partial charge >= 0.3 is 5.97 Å². The second-order valence-electron chi connectivity index (χ2n) is 18.1. The van der Waals surface area contributed by atoms with E-state index in [0.29, 0.717) is 18.4 Å². The minimum absolute atomic E-state index is 0.00836. The number of cyclic esters (lactones) is 1. The van der Waals surface area contributed by atoms with Crippen LogP contribution in [0, 0.1) is 17.8 Å². The number of carbonyl (C=O) groups is 9. The van der Waals surface area contributed by atoms with Gasteiger partial charge in [0, 0.05) is 36.9 Å². The maximum absolute atomic E-state index is 14.9. The maximum Gasteiger partial charge on any atom is 0.329 e. The van der Waals surface area contributed by atoms with Crippen molar-refractivity contribution in [3.05, 3.63) is 29.8 Å². The SMILES string of the molecule is CC[C@H](C)[C@@H]1NC(=O)[C@H](Cc2ccc(O)cc2)N(C)C(=O)[C@H]([C@@H](C)CC)N2C(=O)C(CCC2O)NC(=O)[C@H](CC(C)C)NC(=O)[C@@H](NC(=O)[C@H](CCC(N)=O)NC(=O)CS(C)=O)[C@@H](C)OC1=O. The van der Waals surface area contributed by atoms with Crippen LogP contribution < -0.4 is 32.3 Å². The van der Waals surface area contributed by atoms with Crippen molar-refractivity contribution in [1.29, 1.82) is 0 Å². The Kier molecular flexibility index (Phi) is 21.2. The van der Waals surface area contributed by atoms with E-state index in [-0.39, 0.29) is 50.2 Å². The lowest BCUT2D eigenvalue weighted by Crippen LogP contribution is -2.66. The van der Waals surface area contributed by atoms with Gasteiger partial charge in [-0.25, -0.2) is 4.79 Å². The molecule has 3 unspecified atom stereocenters. The first-order chi connectivity index (χ1) is 31.4. The van der Waals surface area contributed by atoms with Gasteiger partial charge in [-0.15, -0.1) is 0 Å². The van der Waals surface area contributed by atoms with Crippen molar-refractivity contribution < 1.29 is 62.3 Å². The van der Waals surface area contributed by atoms with E-state index in [1.165, 1.54) is 32.4 Å². The van der Waals surface area contributed by atoms with Gasteiger partial charge in [0.1, 0.15) is 66.1 Å². The van der Waals surface area contributed by atoms with Crippen LogP contribution in [0.1, 0.15) is 99.0 Å². The van der Waals surface area contributed by atoms with Gasteiger partial charge in [-0.3, -0.25) is 42.6 Å². The number of piperidine rings is 1. The van der Waals surface area contributed by atoms with Crippen molar-refractivity contribution in [2.75, 3.05) is 19.1 Å². The number of nitrogens with two attached hydrogens (primary N) is 1. The standard InChI is InChI=1S/C45H70N8O13S/c1-10-24(5)36-45(64)66-26(7)37(51-39(58)29(16-18-33(46)55)47-34(56)22-67(9)65)42(61)49-31(20-23(3)4)40(59)48-30-17-19-35(57)53(43(30)62)38(25(6)11-2)44(63)52(8)32(41(60)50-36)21-27-12-14-28(54)15-13-27/h12-15,23-26,29-32,35-38,54,57H,10-11,16-22H2,1-9H3,(H2,46,55)(H,47,56)(H,48,59)(H,49,61)(H,50,60)(H,51,58)/t24-,25-,26+,29-,30?,31-,32-,35?,36-,37-,38-,67?/m0/s1. The summed E-state index contributed by atoms with van der Waals surface area (Å²) in [6, 6.07) is -4.14. The third-order valence-electron chi connectivity index (χ3n) is 12.2. The quantitative estimate of drug-likeness (QED) is 0.0945. The Bertz CT molecular complexity index is 1990. The normalized spacial score (nSPS) is 26.6. The molecule has 1 aromatic carbocycles. The zero-order valence-corrected chi connectivity index (χ0v) is 40.7. The minimum Gasteiger partial charge on any atom is -0.508 e. The molecule has 0 spiro atoms. The summed E-state index contributed by atoms with van der Waals surface area (Å²) < 4.78 is 17.7. The molecule has 374 valence electrons. The van der Waals surface area contributed by atoms with E-state index in [0.717, 1.165) is 9.80 Å². The molecule has 2 aliphatic heterocycles. The number of benzene rings is 1. The number of hydrogen-bond acceptors (Lipinski definition) is 13. The second kappa shape index (κ2) is 25.5. The first-order valence-corrected chi connectivity index (χ1v) is 24.5. The van der Waals surface area contributed by atoms with Gasteiger partial charge in [0.15, 0.2) is 0 Å². The average Bonchev–Trinajstić information content (AvgIpc) is 3.25. The average molecular weight is 963 g/mol. The molecule has 0 radical (unpaired) electrons. The van der Waals surface area contributed by atoms with E-state index in [1.807, 2.05) is 0 Å². The Hall–Kier alpha value is -5.64. The lowest BCUT2D eigenvalue weighted by Gasteiger charge is -2.44. The molecular weight excluding hydrogens is 893 g/mol. The van der Waals surface area contributed by atoms with E-state index in [4.69, 9.17) is 10.5 Å². The molecule has 0 saturated carbocycles. The zero-order chi connectivity index (χ0) is 50.4. The number of aliphatic hydroxyl groups excluding tert-OH is 1. The van der Waals surface area contributed by atoms with Crippen LogP contribution in [0.2, 0.25) is 0 Å². The summed E-state index contributed by atoms with van der Waals surface area (Å²) >= 11 is 0. The summed E-state index contributed by atoms with van der Waals surface area (Å²) in [6.45, 7) is 11.7. The molecule has 0 aromatic heterocycles. The van der Waals surface area contributed by atoms with E-state index in [9.17, 15) is 57.6 Å². The number of aromatic hydroxyl groups is 1. The third kappa shape index (κ3) is 15.7. The van der Waals surface area contributed by atoms with Gasteiger partial charge in [0.05, 0.1) is 0 Å². The summed E-state index contributed by atoms with van der Waals surface area (Å²) in [5.74, 6) is -9.84. The number of phenols is 1. The van der Waals surface area contributed by atoms with Crippen LogP contribution in [0.4, 0.5) is 0 Å². The van der Waals surface area contributed by atoms with Gasteiger partial charge in [0.2, 0.25) is 47.3 Å². The van der Waals surface area contributed by atoms with Crippen LogP contribution in [-0.2, 0) is 65.1 Å². The largest absolute Gasteiger partial charge is 0.508 e. The number of esters is 1. The van der Waals surface area contributed by atoms with E-state index < -0.39 is 136 Å². The summed E-state index contributed by atoms with van der Waals surface area (Å²) in [5, 5.41) is 34.4. The van der Waals surface area contributed by atoms with Crippen molar-refractivity contribution in [3.63, 3.8) is 0 Å². The number of phenolic OH excluding ortho intramolecular Hbond substituents is 1. The lowest BCUT2D eigenvalue weighted by atomic mass is 9.91. The molecule has 2 heterocycles. The van der Waals surface area contributed by atoms with Crippen molar-refractivity contribution in [1.82, 2.24) is 36.4 Å². The van der Waals surface area contributed by atoms with Gasteiger partial charge in [-0.05, 0) is 68.1 Å². The second-order valence-corrected chi connectivity index (χ2v) is 19.5. The number of hydrogen-bond donors (Lipinski definition) is 8. The molecule has 0 aliphatic carbocycles. The number of likely N-dealkylation sites (N-methyl/N-ethyl adjacent to an activating group) is 1. The fraction of sp³-hybridized carbons (Fsp3) is 0.667. The Balaban J connectivity index is 2.26. The number of ether oxygens (including phenoxy) is 1. The molecule has 2 bridgehead atoms. The lowest BCUT2D eigenvalue weighted by molar-refractivity contribution is -0.168. The molecule has 9 N–H and O–H groups in total. The van der Waals surface area contributed by atoms with Crippen LogP contribution in [0.5, 0.6) is 5.75 Å². The Morgan fingerprint density at radius 2 is 1.54 bits per heavy atom. The zero-order valence-electron chi connectivity index (χ0n) is 39.9. The van der Waals surface area contributed by atoms with Crippen LogP contribution in [0.3, 0.4) is 0 Å². The maximum atomic E-state index is 14.9. The summed E-state index contributed by atoms with van der Waals surface area (Å²) in [4.78, 5) is 128. The summed E-state index contributed by atoms with van der Waals surface area (Å²) in [5.41, 5.74) is 5.86. The number of primary amides is 1. The summed E-state index contributed by atoms with van der Waals surface area (Å²) in [7, 11) is -0.253. The molecule has 22 heteroatoms. The topological polar surface area (TPSA) is 313 Å². The van der Waals surface area contributed by atoms with Crippen LogP contribution >= 0.6 is 0 Å². The number of rotatable bonds is 16. The highest BCUT2D eigenvalue weighted by molar-refractivity contribution is 7.85. The Morgan fingerprint density at radius 1 is 0.910 bits per heavy atom. The molecule has 2 aliphatic rings. The number of aliphatic hydroxyl groups is 1. The molecule has 2 saturated heterocycles. The molecular formula is C45H70N8O13S. The Labute approximate surface area is 394 Å².